The molecule has 6 amide bonds. The molecule has 0 bridgehead atoms. The smallest absolute Gasteiger partial charge is 0.326 e. The number of hydrogen-bond donors (Lipinski definition) is 7. The Morgan fingerprint density at radius 1 is 0.480 bits per heavy atom. The molecular weight excluding hydrogens is 1020 g/mol. The molecule has 0 aliphatic carbocycles. The second-order valence-electron chi connectivity index (χ2n) is 19.3. The van der Waals surface area contributed by atoms with Crippen molar-refractivity contribution in [2.75, 3.05) is 36.9 Å². The van der Waals surface area contributed by atoms with E-state index < -0.39 is 83.7 Å². The number of carboxylic acid groups (broad SMARTS) is 3. The van der Waals surface area contributed by atoms with E-state index in [0.29, 0.717) is 69.0 Å². The van der Waals surface area contributed by atoms with E-state index in [0.717, 1.165) is 23.1 Å². The summed E-state index contributed by atoms with van der Waals surface area (Å²) in [6.45, 7) is 6.73. The number of nitrogens with zero attached hydrogens (tertiary/aromatic N) is 3. The second kappa shape index (κ2) is 29.9. The highest BCUT2D eigenvalue weighted by atomic mass is 33.1. The van der Waals surface area contributed by atoms with Gasteiger partial charge in [-0.25, -0.2) is 14.4 Å². The molecule has 0 aromatic heterocycles. The van der Waals surface area contributed by atoms with Crippen molar-refractivity contribution in [3.63, 3.8) is 0 Å². The van der Waals surface area contributed by atoms with Gasteiger partial charge in [-0.05, 0) is 55.2 Å². The Hall–Kier alpha value is -6.06. The topological polar surface area (TPSA) is 260 Å². The van der Waals surface area contributed by atoms with Crippen molar-refractivity contribution >= 4 is 87.6 Å². The van der Waals surface area contributed by atoms with Crippen LogP contribution in [-0.4, -0.2) is 157 Å². The van der Waals surface area contributed by atoms with Gasteiger partial charge in [0.1, 0.15) is 36.3 Å². The lowest BCUT2D eigenvalue weighted by atomic mass is 10.1. The monoisotopic (exact) mass is 1090 g/mol. The van der Waals surface area contributed by atoms with Gasteiger partial charge in [-0.3, -0.25) is 28.8 Å². The van der Waals surface area contributed by atoms with Gasteiger partial charge in [0, 0.05) is 73.9 Å². The Labute approximate surface area is 451 Å². The SMILES string of the molecule is CC(CS)C(=O)N1CCC[C@H]1C(=O)N[C@@H](Cc1ccccc1)C(=O)O.CC(CSSCC(C)C(=O)N1CCC[C@H]1C(=O)N[C@@H](Cc1ccccc1)C(=O)O)C(=O)N1CCC[C@H]1C(=O)N[C@@H](Cc1ccccc1)C(=O)O. The van der Waals surface area contributed by atoms with Crippen molar-refractivity contribution in [3.05, 3.63) is 108 Å². The summed E-state index contributed by atoms with van der Waals surface area (Å²) in [6, 6.07) is 21.9. The van der Waals surface area contributed by atoms with Crippen molar-refractivity contribution in [2.24, 2.45) is 17.8 Å². The fraction of sp³-hybridized carbons (Fsp3) is 0.500. The summed E-state index contributed by atoms with van der Waals surface area (Å²) in [4.78, 5) is 118. The number of hydrogen-bond acceptors (Lipinski definition) is 12. The van der Waals surface area contributed by atoms with Crippen LogP contribution in [-0.2, 0) is 62.4 Å². The van der Waals surface area contributed by atoms with Crippen LogP contribution in [0.5, 0.6) is 0 Å². The average molecular weight is 1090 g/mol. The molecule has 3 aromatic rings. The molecule has 3 aliphatic heterocycles. The normalized spacial score (nSPS) is 19.5. The molecule has 9 atom stereocenters. The Morgan fingerprint density at radius 3 is 1.00 bits per heavy atom. The largest absolute Gasteiger partial charge is 0.480 e. The quantitative estimate of drug-likeness (QED) is 0.0368. The van der Waals surface area contributed by atoms with Crippen LogP contribution in [0, 0.1) is 17.8 Å². The van der Waals surface area contributed by atoms with E-state index in [1.54, 1.807) is 59.7 Å². The summed E-state index contributed by atoms with van der Waals surface area (Å²) < 4.78 is 0. The van der Waals surface area contributed by atoms with Gasteiger partial charge < -0.3 is 46.0 Å². The van der Waals surface area contributed by atoms with Crippen molar-refractivity contribution in [2.45, 2.75) is 115 Å². The Morgan fingerprint density at radius 2 is 0.747 bits per heavy atom. The van der Waals surface area contributed by atoms with Gasteiger partial charge in [-0.15, -0.1) is 0 Å². The van der Waals surface area contributed by atoms with Crippen LogP contribution < -0.4 is 16.0 Å². The van der Waals surface area contributed by atoms with Crippen LogP contribution in [0.1, 0.15) is 76.0 Å². The number of carboxylic acids is 3. The summed E-state index contributed by atoms with van der Waals surface area (Å²) in [6.07, 6.45) is 3.98. The predicted octanol–water partition coefficient (Wildman–Crippen LogP) is 4.60. The molecule has 406 valence electrons. The molecule has 0 saturated carbocycles. The molecule has 3 aromatic carbocycles. The number of carbonyl (C=O) groups is 9. The average Bonchev–Trinajstić information content (AvgIpc) is 4.22. The molecule has 75 heavy (non-hydrogen) atoms. The highest BCUT2D eigenvalue weighted by Crippen LogP contribution is 2.30. The Kier molecular flexibility index (Phi) is 23.8. The molecule has 3 heterocycles. The fourth-order valence-electron chi connectivity index (χ4n) is 9.23. The number of amides is 6. The third kappa shape index (κ3) is 17.8. The maximum atomic E-state index is 13.4. The van der Waals surface area contributed by atoms with E-state index in [4.69, 9.17) is 0 Å². The number of likely N-dealkylation sites (tertiary alicyclic amines) is 3. The molecule has 18 nitrogen and oxygen atoms in total. The van der Waals surface area contributed by atoms with Gasteiger partial charge >= 0.3 is 17.9 Å². The van der Waals surface area contributed by atoms with E-state index in [1.807, 2.05) is 66.7 Å². The lowest BCUT2D eigenvalue weighted by Crippen LogP contribution is -2.52. The zero-order valence-electron chi connectivity index (χ0n) is 42.6. The standard InChI is InChI=1S/C36H46N4O8S2.C18H24N2O4S/c1-23(33(43)39-17-9-15-29(39)31(41)37-27(35(45)46)19-25-11-5-3-6-12-25)21-49-50-22-24(2)34(44)40-18-10-16-30(40)32(42)38-28(36(47)48)20-26-13-7-4-8-14-26;1-12(11-25)17(22)20-9-5-8-15(20)16(21)19-14(18(23)24)10-13-6-3-2-4-7-13/h3-8,11-14,23-24,27-30H,9-10,15-22H2,1-2H3,(H,37,41)(H,38,42)(H,45,46)(H,47,48);2-4,6-7,12,14-15,25H,5,8-11H2,1H3,(H,19,21)(H,23,24)/t23?,24?,27-,28-,29-,30-;12?,14-,15-/m00/s1. The summed E-state index contributed by atoms with van der Waals surface area (Å²) in [7, 11) is 2.91. The first kappa shape index (κ1) is 59.8. The minimum atomic E-state index is -1.14. The first-order chi connectivity index (χ1) is 35.9. The third-order valence-corrected chi connectivity index (χ3v) is 16.8. The van der Waals surface area contributed by atoms with Crippen molar-refractivity contribution in [3.8, 4) is 0 Å². The lowest BCUT2D eigenvalue weighted by molar-refractivity contribution is -0.145. The number of thiol groups is 1. The summed E-state index contributed by atoms with van der Waals surface area (Å²) in [5.41, 5.74) is 2.40. The summed E-state index contributed by atoms with van der Waals surface area (Å²) in [5, 5.41) is 36.7. The number of nitrogens with one attached hydrogen (secondary N) is 3. The molecule has 6 rings (SSSR count). The van der Waals surface area contributed by atoms with Gasteiger partial charge in [-0.2, -0.15) is 12.6 Å². The van der Waals surface area contributed by atoms with Gasteiger partial charge in [0.05, 0.1) is 0 Å². The van der Waals surface area contributed by atoms with E-state index in [9.17, 15) is 58.5 Å². The molecule has 21 heteroatoms. The van der Waals surface area contributed by atoms with E-state index in [2.05, 4.69) is 28.6 Å². The first-order valence-corrected chi connectivity index (χ1v) is 28.5. The van der Waals surface area contributed by atoms with Gasteiger partial charge in [0.25, 0.3) is 0 Å². The number of carbonyl (C=O) groups excluding carboxylic acids is 6. The van der Waals surface area contributed by atoms with Crippen LogP contribution in [0.25, 0.3) is 0 Å². The molecule has 3 saturated heterocycles. The molecule has 6 N–H and O–H groups in total. The number of aliphatic carboxylic acids is 3. The minimum Gasteiger partial charge on any atom is -0.480 e. The summed E-state index contributed by atoms with van der Waals surface area (Å²) in [5.74, 6) is -4.92. The zero-order valence-corrected chi connectivity index (χ0v) is 45.1. The maximum absolute atomic E-state index is 13.4. The molecule has 0 radical (unpaired) electrons. The fourth-order valence-corrected chi connectivity index (χ4v) is 12.1. The molecular formula is C54H70N6O12S3. The Bertz CT molecular complexity index is 2310. The number of rotatable bonds is 24. The van der Waals surface area contributed by atoms with Gasteiger partial charge in [0.2, 0.25) is 35.4 Å². The molecule has 3 fully saturated rings. The zero-order chi connectivity index (χ0) is 54.6. The predicted molar refractivity (Wildman–Crippen MR) is 290 cm³/mol. The van der Waals surface area contributed by atoms with Crippen molar-refractivity contribution in [1.82, 2.24) is 30.7 Å². The van der Waals surface area contributed by atoms with Crippen LogP contribution in [0.2, 0.25) is 0 Å². The van der Waals surface area contributed by atoms with E-state index in [1.165, 1.54) is 21.6 Å². The lowest BCUT2D eigenvalue weighted by Gasteiger charge is -2.28. The molecule has 3 aliphatic rings. The van der Waals surface area contributed by atoms with Crippen LogP contribution >= 0.6 is 34.2 Å². The van der Waals surface area contributed by atoms with Crippen LogP contribution in [0.3, 0.4) is 0 Å². The maximum Gasteiger partial charge on any atom is 0.326 e. The van der Waals surface area contributed by atoms with E-state index >= 15 is 0 Å². The summed E-state index contributed by atoms with van der Waals surface area (Å²) >= 11 is 4.14. The molecule has 0 spiro atoms. The van der Waals surface area contributed by atoms with Crippen molar-refractivity contribution in [1.29, 1.82) is 0 Å². The highest BCUT2D eigenvalue weighted by Gasteiger charge is 2.40. The number of benzene rings is 3. The first-order valence-electron chi connectivity index (χ1n) is 25.4. The van der Waals surface area contributed by atoms with Gasteiger partial charge in [0.15, 0.2) is 0 Å². The second-order valence-corrected chi connectivity index (χ2v) is 22.2. The molecule has 3 unspecified atom stereocenters. The minimum absolute atomic E-state index is 0.109. The Balaban J connectivity index is 0.000000348. The van der Waals surface area contributed by atoms with Crippen molar-refractivity contribution < 1.29 is 58.5 Å². The van der Waals surface area contributed by atoms with Crippen LogP contribution in [0.15, 0.2) is 91.0 Å². The highest BCUT2D eigenvalue weighted by molar-refractivity contribution is 8.76. The van der Waals surface area contributed by atoms with Crippen LogP contribution in [0.4, 0.5) is 0 Å². The van der Waals surface area contributed by atoms with Gasteiger partial charge in [-0.1, -0.05) is 133 Å². The third-order valence-electron chi connectivity index (χ3n) is 13.5. The van der Waals surface area contributed by atoms with E-state index in [-0.39, 0.29) is 42.9 Å².